The minimum absolute atomic E-state index is 0.265. The molecular formula is C18H29N3O. The van der Waals surface area contributed by atoms with E-state index in [1.165, 1.54) is 37.1 Å². The summed E-state index contributed by atoms with van der Waals surface area (Å²) in [5.41, 5.74) is 8.96. The monoisotopic (exact) mass is 303 g/mol. The molecule has 3 N–H and O–H groups in total. The second-order valence-corrected chi connectivity index (χ2v) is 6.62. The van der Waals surface area contributed by atoms with Gasteiger partial charge in [0.1, 0.15) is 0 Å². The van der Waals surface area contributed by atoms with Crippen LogP contribution >= 0.6 is 0 Å². The van der Waals surface area contributed by atoms with Crippen molar-refractivity contribution < 1.29 is 4.79 Å². The lowest BCUT2D eigenvalue weighted by Gasteiger charge is -2.35. The van der Waals surface area contributed by atoms with Crippen LogP contribution in [0.4, 0.5) is 5.69 Å². The van der Waals surface area contributed by atoms with Gasteiger partial charge < -0.3 is 16.0 Å². The van der Waals surface area contributed by atoms with Crippen LogP contribution in [0.15, 0.2) is 18.2 Å². The molecule has 2 rings (SSSR count). The Morgan fingerprint density at radius 3 is 2.59 bits per heavy atom. The Labute approximate surface area is 134 Å². The predicted molar refractivity (Wildman–Crippen MR) is 92.2 cm³/mol. The number of benzene rings is 1. The number of nitrogens with zero attached hydrogens (tertiary/aromatic N) is 1. The molecule has 0 spiro atoms. The molecule has 0 saturated carbocycles. The molecule has 0 aliphatic carbocycles. The van der Waals surface area contributed by atoms with E-state index in [2.05, 4.69) is 49.2 Å². The molecule has 1 fully saturated rings. The molecule has 1 aromatic carbocycles. The molecule has 122 valence electrons. The molecule has 0 atom stereocenters. The fraction of sp³-hybridized carbons (Fsp3) is 0.611. The Hall–Kier alpha value is -1.55. The van der Waals surface area contributed by atoms with Crippen molar-refractivity contribution in [2.45, 2.75) is 52.0 Å². The highest BCUT2D eigenvalue weighted by molar-refractivity contribution is 5.74. The van der Waals surface area contributed by atoms with Gasteiger partial charge in [-0.15, -0.1) is 0 Å². The van der Waals surface area contributed by atoms with Crippen molar-refractivity contribution in [3.8, 4) is 0 Å². The van der Waals surface area contributed by atoms with Crippen LogP contribution in [0.2, 0.25) is 0 Å². The zero-order valence-corrected chi connectivity index (χ0v) is 14.1. The summed E-state index contributed by atoms with van der Waals surface area (Å²) in [5.74, 6) is 0.409. The maximum Gasteiger partial charge on any atom is 0.219 e. The average Bonchev–Trinajstić information content (AvgIpc) is 2.48. The first kappa shape index (κ1) is 16.8. The molecule has 1 aromatic rings. The Morgan fingerprint density at radius 1 is 1.36 bits per heavy atom. The van der Waals surface area contributed by atoms with Gasteiger partial charge in [0.25, 0.3) is 0 Å². The lowest BCUT2D eigenvalue weighted by atomic mass is 9.88. The molecule has 1 amide bonds. The van der Waals surface area contributed by atoms with E-state index in [4.69, 9.17) is 5.73 Å². The third kappa shape index (κ3) is 4.47. The summed E-state index contributed by atoms with van der Waals surface area (Å²) in [6, 6.07) is 7.32. The molecule has 1 heterocycles. The lowest BCUT2D eigenvalue weighted by Crippen LogP contribution is -2.37. The normalized spacial score (nSPS) is 16.9. The summed E-state index contributed by atoms with van der Waals surface area (Å²) in [6.45, 7) is 9.66. The van der Waals surface area contributed by atoms with Gasteiger partial charge in [-0.3, -0.25) is 4.79 Å². The van der Waals surface area contributed by atoms with Gasteiger partial charge in [0.2, 0.25) is 5.91 Å². The Kier molecular flexibility index (Phi) is 5.83. The van der Waals surface area contributed by atoms with Crippen molar-refractivity contribution in [3.05, 3.63) is 29.3 Å². The summed E-state index contributed by atoms with van der Waals surface area (Å²) in [6.07, 6.45) is 2.85. The number of hydrogen-bond donors (Lipinski definition) is 2. The first-order valence-corrected chi connectivity index (χ1v) is 8.34. The molecule has 1 saturated heterocycles. The van der Waals surface area contributed by atoms with Crippen molar-refractivity contribution >= 4 is 11.6 Å². The Balaban J connectivity index is 1.93. The smallest absolute Gasteiger partial charge is 0.219 e. The van der Waals surface area contributed by atoms with Crippen LogP contribution in [0.5, 0.6) is 0 Å². The van der Waals surface area contributed by atoms with Crippen LogP contribution in [0, 0.1) is 6.92 Å². The van der Waals surface area contributed by atoms with E-state index in [9.17, 15) is 4.79 Å². The van der Waals surface area contributed by atoms with E-state index in [1.54, 1.807) is 0 Å². The van der Waals surface area contributed by atoms with Crippen molar-refractivity contribution in [2.75, 3.05) is 25.0 Å². The minimum atomic E-state index is -0.265. The maximum absolute atomic E-state index is 10.8. The highest BCUT2D eigenvalue weighted by Gasteiger charge is 2.22. The molecular weight excluding hydrogens is 274 g/mol. The van der Waals surface area contributed by atoms with Gasteiger partial charge in [0.05, 0.1) is 0 Å². The van der Waals surface area contributed by atoms with Gasteiger partial charge in [-0.2, -0.15) is 0 Å². The zero-order valence-electron chi connectivity index (χ0n) is 14.1. The topological polar surface area (TPSA) is 58.4 Å². The number of aryl methyl sites for hydroxylation is 1. The van der Waals surface area contributed by atoms with Gasteiger partial charge in [-0.1, -0.05) is 12.1 Å². The van der Waals surface area contributed by atoms with Crippen molar-refractivity contribution in [1.29, 1.82) is 0 Å². The first-order valence-electron chi connectivity index (χ1n) is 8.34. The third-order valence-corrected chi connectivity index (χ3v) is 4.67. The zero-order chi connectivity index (χ0) is 16.1. The molecule has 0 bridgehead atoms. The highest BCUT2D eigenvalue weighted by Crippen LogP contribution is 2.30. The molecule has 1 aliphatic heterocycles. The summed E-state index contributed by atoms with van der Waals surface area (Å²) in [7, 11) is 0. The summed E-state index contributed by atoms with van der Waals surface area (Å²) in [4.78, 5) is 13.3. The number of nitrogens with one attached hydrogen (secondary N) is 1. The van der Waals surface area contributed by atoms with Gasteiger partial charge in [0.15, 0.2) is 0 Å². The van der Waals surface area contributed by atoms with Crippen LogP contribution in [0.1, 0.15) is 50.2 Å². The van der Waals surface area contributed by atoms with Crippen LogP contribution in [0.25, 0.3) is 0 Å². The number of anilines is 1. The molecule has 4 nitrogen and oxygen atoms in total. The van der Waals surface area contributed by atoms with E-state index in [0.29, 0.717) is 24.9 Å². The number of carbonyl (C=O) groups excluding carboxylic acids is 1. The molecule has 0 radical (unpaired) electrons. The molecule has 22 heavy (non-hydrogen) atoms. The fourth-order valence-electron chi connectivity index (χ4n) is 3.21. The van der Waals surface area contributed by atoms with Gasteiger partial charge in [0, 0.05) is 24.7 Å². The summed E-state index contributed by atoms with van der Waals surface area (Å²) >= 11 is 0. The second kappa shape index (κ2) is 7.63. The van der Waals surface area contributed by atoms with E-state index in [-0.39, 0.29) is 5.91 Å². The predicted octanol–water partition coefficient (Wildman–Crippen LogP) is 2.87. The fourth-order valence-corrected chi connectivity index (χ4v) is 3.21. The summed E-state index contributed by atoms with van der Waals surface area (Å²) in [5, 5.41) is 3.29. The standard InChI is InChI=1S/C18H29N3O/c1-13(2)21-10-7-15(8-11-21)16-4-5-17(14(3)12-16)20-9-6-18(19)22/h4-5,12-13,15,20H,6-11H2,1-3H3,(H2,19,22). The second-order valence-electron chi connectivity index (χ2n) is 6.62. The van der Waals surface area contributed by atoms with Crippen LogP contribution in [-0.2, 0) is 4.79 Å². The highest BCUT2D eigenvalue weighted by atomic mass is 16.1. The van der Waals surface area contributed by atoms with Gasteiger partial charge >= 0.3 is 0 Å². The van der Waals surface area contributed by atoms with Crippen molar-refractivity contribution in [1.82, 2.24) is 4.90 Å². The van der Waals surface area contributed by atoms with Crippen molar-refractivity contribution in [3.63, 3.8) is 0 Å². The number of nitrogens with two attached hydrogens (primary N) is 1. The Bertz CT molecular complexity index is 505. The number of hydrogen-bond acceptors (Lipinski definition) is 3. The lowest BCUT2D eigenvalue weighted by molar-refractivity contribution is -0.117. The summed E-state index contributed by atoms with van der Waals surface area (Å²) < 4.78 is 0. The molecule has 0 aromatic heterocycles. The molecule has 4 heteroatoms. The Morgan fingerprint density at radius 2 is 2.05 bits per heavy atom. The van der Waals surface area contributed by atoms with E-state index < -0.39 is 0 Å². The van der Waals surface area contributed by atoms with Gasteiger partial charge in [-0.25, -0.2) is 0 Å². The molecule has 1 aliphatic rings. The number of likely N-dealkylation sites (tertiary alicyclic amines) is 1. The SMILES string of the molecule is Cc1cc(C2CCN(C(C)C)CC2)ccc1NCCC(N)=O. The first-order chi connectivity index (χ1) is 10.5. The van der Waals surface area contributed by atoms with E-state index in [0.717, 1.165) is 5.69 Å². The van der Waals surface area contributed by atoms with Crippen LogP contribution < -0.4 is 11.1 Å². The number of amides is 1. The number of primary amides is 1. The largest absolute Gasteiger partial charge is 0.384 e. The van der Waals surface area contributed by atoms with E-state index in [1.807, 2.05) is 0 Å². The van der Waals surface area contributed by atoms with Crippen LogP contribution in [0.3, 0.4) is 0 Å². The number of carbonyl (C=O) groups is 1. The average molecular weight is 303 g/mol. The third-order valence-electron chi connectivity index (χ3n) is 4.67. The quantitative estimate of drug-likeness (QED) is 0.849. The minimum Gasteiger partial charge on any atom is -0.384 e. The maximum atomic E-state index is 10.8. The van der Waals surface area contributed by atoms with Gasteiger partial charge in [-0.05, 0) is 69.8 Å². The number of piperidine rings is 1. The molecule has 0 unspecified atom stereocenters. The van der Waals surface area contributed by atoms with E-state index >= 15 is 0 Å². The number of rotatable bonds is 6. The van der Waals surface area contributed by atoms with Crippen molar-refractivity contribution in [2.24, 2.45) is 5.73 Å². The van der Waals surface area contributed by atoms with Crippen LogP contribution in [-0.4, -0.2) is 36.5 Å².